The van der Waals surface area contributed by atoms with Crippen molar-refractivity contribution >= 4 is 17.3 Å². The molecule has 2 aromatic carbocycles. The fraction of sp³-hybridized carbons (Fsp3) is 0.143. The van der Waals surface area contributed by atoms with Crippen molar-refractivity contribution < 1.29 is 4.74 Å². The minimum absolute atomic E-state index is 0.728. The molecule has 0 aliphatic rings. The third kappa shape index (κ3) is 3.14. The molecule has 88 valence electrons. The van der Waals surface area contributed by atoms with E-state index in [0.717, 1.165) is 28.6 Å². The highest BCUT2D eigenvalue weighted by atomic mass is 35.5. The van der Waals surface area contributed by atoms with Gasteiger partial charge in [-0.2, -0.15) is 0 Å². The van der Waals surface area contributed by atoms with E-state index in [1.807, 2.05) is 48.5 Å². The normalized spacial score (nSPS) is 10.0. The van der Waals surface area contributed by atoms with Crippen molar-refractivity contribution in [3.63, 3.8) is 0 Å². The molecule has 0 fully saturated rings. The Hall–Kier alpha value is -1.67. The molecule has 0 aromatic heterocycles. The molecule has 0 heterocycles. The van der Waals surface area contributed by atoms with Crippen molar-refractivity contribution in [1.29, 1.82) is 0 Å². The Morgan fingerprint density at radius 1 is 1.06 bits per heavy atom. The number of ether oxygens (including phenoxy) is 1. The van der Waals surface area contributed by atoms with Crippen LogP contribution < -0.4 is 10.1 Å². The molecule has 0 amide bonds. The van der Waals surface area contributed by atoms with Crippen LogP contribution in [0.1, 0.15) is 5.56 Å². The number of rotatable bonds is 4. The Morgan fingerprint density at radius 3 is 2.47 bits per heavy atom. The summed E-state index contributed by atoms with van der Waals surface area (Å²) in [7, 11) is 1.68. The van der Waals surface area contributed by atoms with Gasteiger partial charge in [-0.25, -0.2) is 0 Å². The van der Waals surface area contributed by atoms with Gasteiger partial charge in [0, 0.05) is 22.8 Å². The highest BCUT2D eigenvalue weighted by molar-refractivity contribution is 6.30. The van der Waals surface area contributed by atoms with E-state index >= 15 is 0 Å². The van der Waals surface area contributed by atoms with Gasteiger partial charge in [0.2, 0.25) is 0 Å². The summed E-state index contributed by atoms with van der Waals surface area (Å²) >= 11 is 5.83. The van der Waals surface area contributed by atoms with E-state index in [0.29, 0.717) is 0 Å². The molecule has 0 saturated heterocycles. The fourth-order valence-electron chi connectivity index (χ4n) is 1.61. The van der Waals surface area contributed by atoms with Gasteiger partial charge in [-0.15, -0.1) is 0 Å². The van der Waals surface area contributed by atoms with Gasteiger partial charge in [0.1, 0.15) is 5.75 Å². The number of halogens is 1. The molecule has 17 heavy (non-hydrogen) atoms. The fourth-order valence-corrected chi connectivity index (χ4v) is 1.74. The van der Waals surface area contributed by atoms with E-state index in [4.69, 9.17) is 16.3 Å². The summed E-state index contributed by atoms with van der Waals surface area (Å²) in [4.78, 5) is 0. The molecule has 2 nitrogen and oxygen atoms in total. The van der Waals surface area contributed by atoms with Crippen LogP contribution in [0.15, 0.2) is 48.5 Å². The van der Waals surface area contributed by atoms with Crippen molar-refractivity contribution in [2.24, 2.45) is 0 Å². The molecule has 0 aliphatic carbocycles. The molecule has 0 unspecified atom stereocenters. The van der Waals surface area contributed by atoms with E-state index in [2.05, 4.69) is 5.32 Å². The number of hydrogen-bond acceptors (Lipinski definition) is 2. The number of hydrogen-bond donors (Lipinski definition) is 1. The molecular weight excluding hydrogens is 234 g/mol. The summed E-state index contributed by atoms with van der Waals surface area (Å²) in [6.45, 7) is 0.728. The summed E-state index contributed by atoms with van der Waals surface area (Å²) in [6.07, 6.45) is 0. The van der Waals surface area contributed by atoms with Crippen molar-refractivity contribution in [2.45, 2.75) is 6.54 Å². The third-order valence-electron chi connectivity index (χ3n) is 2.52. The minimum Gasteiger partial charge on any atom is -0.496 e. The highest BCUT2D eigenvalue weighted by Gasteiger charge is 2.00. The molecule has 0 bridgehead atoms. The third-order valence-corrected chi connectivity index (χ3v) is 2.77. The quantitative estimate of drug-likeness (QED) is 0.883. The Morgan fingerprint density at radius 2 is 1.76 bits per heavy atom. The Labute approximate surface area is 106 Å². The lowest BCUT2D eigenvalue weighted by molar-refractivity contribution is 0.410. The van der Waals surface area contributed by atoms with Gasteiger partial charge >= 0.3 is 0 Å². The predicted octanol–water partition coefficient (Wildman–Crippen LogP) is 3.96. The standard InChI is InChI=1S/C14H14ClNO/c1-17-14-5-3-2-4-11(14)10-16-13-8-6-12(15)7-9-13/h2-9,16H,10H2,1H3. The first kappa shape index (κ1) is 11.8. The lowest BCUT2D eigenvalue weighted by Gasteiger charge is -2.10. The molecule has 2 rings (SSSR count). The first-order chi connectivity index (χ1) is 8.29. The van der Waals surface area contributed by atoms with Gasteiger partial charge < -0.3 is 10.1 Å². The number of para-hydroxylation sites is 1. The summed E-state index contributed by atoms with van der Waals surface area (Å²) in [5.41, 5.74) is 2.17. The summed E-state index contributed by atoms with van der Waals surface area (Å²) < 4.78 is 5.29. The van der Waals surface area contributed by atoms with Crippen LogP contribution in [0.5, 0.6) is 5.75 Å². The largest absolute Gasteiger partial charge is 0.496 e. The molecule has 1 N–H and O–H groups in total. The maximum atomic E-state index is 5.83. The van der Waals surface area contributed by atoms with Gasteiger partial charge in [-0.05, 0) is 30.3 Å². The number of benzene rings is 2. The molecule has 0 spiro atoms. The Kier molecular flexibility index (Phi) is 3.89. The molecule has 2 aromatic rings. The molecule has 0 saturated carbocycles. The van der Waals surface area contributed by atoms with Gasteiger partial charge in [-0.3, -0.25) is 0 Å². The lowest BCUT2D eigenvalue weighted by atomic mass is 10.2. The first-order valence-corrected chi connectivity index (χ1v) is 5.79. The second kappa shape index (κ2) is 5.60. The molecule has 3 heteroatoms. The van der Waals surface area contributed by atoms with Crippen LogP contribution in [0.4, 0.5) is 5.69 Å². The van der Waals surface area contributed by atoms with Crippen molar-refractivity contribution in [3.05, 3.63) is 59.1 Å². The Balaban J connectivity index is 2.04. The SMILES string of the molecule is COc1ccccc1CNc1ccc(Cl)cc1. The van der Waals surface area contributed by atoms with E-state index in [9.17, 15) is 0 Å². The van der Waals surface area contributed by atoms with E-state index < -0.39 is 0 Å². The Bertz CT molecular complexity index is 482. The van der Waals surface area contributed by atoms with E-state index in [1.165, 1.54) is 0 Å². The average Bonchev–Trinajstić information content (AvgIpc) is 2.38. The van der Waals surface area contributed by atoms with Crippen LogP contribution in [0.3, 0.4) is 0 Å². The zero-order valence-corrected chi connectivity index (χ0v) is 10.4. The monoisotopic (exact) mass is 247 g/mol. The number of methoxy groups -OCH3 is 1. The van der Waals surface area contributed by atoms with Crippen LogP contribution in [0, 0.1) is 0 Å². The van der Waals surface area contributed by atoms with Crippen molar-refractivity contribution in [2.75, 3.05) is 12.4 Å². The van der Waals surface area contributed by atoms with Crippen LogP contribution >= 0.6 is 11.6 Å². The summed E-state index contributed by atoms with van der Waals surface area (Å²) in [6, 6.07) is 15.6. The summed E-state index contributed by atoms with van der Waals surface area (Å²) in [5.74, 6) is 0.897. The van der Waals surface area contributed by atoms with E-state index in [-0.39, 0.29) is 0 Å². The molecular formula is C14H14ClNO. The van der Waals surface area contributed by atoms with Crippen molar-refractivity contribution in [3.8, 4) is 5.75 Å². The van der Waals surface area contributed by atoms with Crippen LogP contribution in [-0.2, 0) is 6.54 Å². The first-order valence-electron chi connectivity index (χ1n) is 5.41. The summed E-state index contributed by atoms with van der Waals surface area (Å²) in [5, 5.41) is 4.07. The van der Waals surface area contributed by atoms with Gasteiger partial charge in [0.05, 0.1) is 7.11 Å². The van der Waals surface area contributed by atoms with E-state index in [1.54, 1.807) is 7.11 Å². The zero-order valence-electron chi connectivity index (χ0n) is 9.61. The van der Waals surface area contributed by atoms with Gasteiger partial charge in [-0.1, -0.05) is 29.8 Å². The van der Waals surface area contributed by atoms with Crippen molar-refractivity contribution in [1.82, 2.24) is 0 Å². The number of anilines is 1. The lowest BCUT2D eigenvalue weighted by Crippen LogP contribution is -2.01. The van der Waals surface area contributed by atoms with Crippen LogP contribution in [0.25, 0.3) is 0 Å². The van der Waals surface area contributed by atoms with Gasteiger partial charge in [0.15, 0.2) is 0 Å². The van der Waals surface area contributed by atoms with Crippen LogP contribution in [0.2, 0.25) is 5.02 Å². The number of nitrogens with one attached hydrogen (secondary N) is 1. The zero-order chi connectivity index (χ0) is 12.1. The minimum atomic E-state index is 0.728. The molecule has 0 atom stereocenters. The maximum Gasteiger partial charge on any atom is 0.123 e. The van der Waals surface area contributed by atoms with Gasteiger partial charge in [0.25, 0.3) is 0 Å². The highest BCUT2D eigenvalue weighted by Crippen LogP contribution is 2.19. The average molecular weight is 248 g/mol. The smallest absolute Gasteiger partial charge is 0.123 e. The maximum absolute atomic E-state index is 5.83. The van der Waals surface area contributed by atoms with Crippen LogP contribution in [-0.4, -0.2) is 7.11 Å². The molecule has 0 aliphatic heterocycles. The second-order valence-electron chi connectivity index (χ2n) is 3.67. The predicted molar refractivity (Wildman–Crippen MR) is 71.8 cm³/mol. The second-order valence-corrected chi connectivity index (χ2v) is 4.11. The molecule has 0 radical (unpaired) electrons. The topological polar surface area (TPSA) is 21.3 Å².